The summed E-state index contributed by atoms with van der Waals surface area (Å²) in [6.07, 6.45) is 0. The predicted molar refractivity (Wildman–Crippen MR) is 205 cm³/mol. The van der Waals surface area contributed by atoms with Crippen molar-refractivity contribution in [2.24, 2.45) is 0 Å². The van der Waals surface area contributed by atoms with Gasteiger partial charge in [0, 0.05) is 26.5 Å². The fraction of sp³-hybridized carbons (Fsp3) is 0.0213. The number of hydrogen-bond acceptors (Lipinski definition) is 3. The molecule has 0 amide bonds. The van der Waals surface area contributed by atoms with Gasteiger partial charge in [0.25, 0.3) is 0 Å². The van der Waals surface area contributed by atoms with Crippen LogP contribution in [0.25, 0.3) is 56.2 Å². The molecule has 2 heterocycles. The van der Waals surface area contributed by atoms with Crippen molar-refractivity contribution in [2.75, 3.05) is 0 Å². The largest absolute Gasteiger partial charge is 0.228 e. The third-order valence-corrected chi connectivity index (χ3v) is 11.3. The molecule has 0 unspecified atom stereocenters. The maximum absolute atomic E-state index is 5.28. The van der Waals surface area contributed by atoms with Crippen LogP contribution in [-0.4, -0.2) is 9.97 Å². The summed E-state index contributed by atoms with van der Waals surface area (Å²) in [5.41, 5.74) is 14.7. The SMILES string of the molecule is c1ccc(-c2nc(-c3ccc4c(c3)C3(c5ccccc5S4)c4ccccc4-c4ccccc43)cc(-c3ccccc3-c3ccccc3)n2)cc1. The highest BCUT2D eigenvalue weighted by Gasteiger charge is 2.50. The lowest BCUT2D eigenvalue weighted by Crippen LogP contribution is -2.32. The highest BCUT2D eigenvalue weighted by Crippen LogP contribution is 2.62. The monoisotopic (exact) mass is 654 g/mol. The molecule has 1 aromatic heterocycles. The topological polar surface area (TPSA) is 25.8 Å². The van der Waals surface area contributed by atoms with E-state index in [9.17, 15) is 0 Å². The van der Waals surface area contributed by atoms with E-state index in [0.717, 1.165) is 39.2 Å². The summed E-state index contributed by atoms with van der Waals surface area (Å²) in [6, 6.07) is 65.4. The zero-order valence-electron chi connectivity index (χ0n) is 27.1. The molecule has 0 saturated heterocycles. The van der Waals surface area contributed by atoms with E-state index >= 15 is 0 Å². The van der Waals surface area contributed by atoms with E-state index in [1.807, 2.05) is 17.8 Å². The maximum atomic E-state index is 5.28. The van der Waals surface area contributed by atoms with Crippen molar-refractivity contribution in [3.63, 3.8) is 0 Å². The van der Waals surface area contributed by atoms with Crippen molar-refractivity contribution in [3.8, 4) is 56.2 Å². The highest BCUT2D eigenvalue weighted by atomic mass is 32.2. The van der Waals surface area contributed by atoms with Crippen molar-refractivity contribution in [1.29, 1.82) is 0 Å². The molecule has 0 bridgehead atoms. The Hall–Kier alpha value is -6.03. The first-order chi connectivity index (χ1) is 24.8. The van der Waals surface area contributed by atoms with Gasteiger partial charge in [0.1, 0.15) is 0 Å². The average Bonchev–Trinajstić information content (AvgIpc) is 3.49. The molecular formula is C47H30N2S. The van der Waals surface area contributed by atoms with Gasteiger partial charge >= 0.3 is 0 Å². The Morgan fingerprint density at radius 2 is 0.860 bits per heavy atom. The van der Waals surface area contributed by atoms with Crippen LogP contribution in [0.5, 0.6) is 0 Å². The van der Waals surface area contributed by atoms with Crippen LogP contribution < -0.4 is 0 Å². The van der Waals surface area contributed by atoms with Gasteiger partial charge in [-0.15, -0.1) is 0 Å². The van der Waals surface area contributed by atoms with Gasteiger partial charge in [-0.25, -0.2) is 9.97 Å². The second-order valence-electron chi connectivity index (χ2n) is 12.9. The minimum atomic E-state index is -0.446. The second kappa shape index (κ2) is 11.5. The zero-order valence-corrected chi connectivity index (χ0v) is 27.9. The molecule has 0 N–H and O–H groups in total. The van der Waals surface area contributed by atoms with Gasteiger partial charge in [0.05, 0.1) is 16.8 Å². The molecule has 234 valence electrons. The Balaban J connectivity index is 1.23. The van der Waals surface area contributed by atoms with Crippen LogP contribution in [0, 0.1) is 0 Å². The van der Waals surface area contributed by atoms with Gasteiger partial charge in [-0.3, -0.25) is 0 Å². The first kappa shape index (κ1) is 28.9. The van der Waals surface area contributed by atoms with Crippen LogP contribution >= 0.6 is 11.8 Å². The minimum absolute atomic E-state index is 0.446. The van der Waals surface area contributed by atoms with E-state index in [1.165, 1.54) is 43.2 Å². The number of rotatable bonds is 4. The predicted octanol–water partition coefficient (Wildman–Crippen LogP) is 12.0. The molecule has 0 fully saturated rings. The van der Waals surface area contributed by atoms with Gasteiger partial charge in [0.2, 0.25) is 0 Å². The van der Waals surface area contributed by atoms with Gasteiger partial charge < -0.3 is 0 Å². The van der Waals surface area contributed by atoms with Gasteiger partial charge in [-0.2, -0.15) is 0 Å². The van der Waals surface area contributed by atoms with Crippen molar-refractivity contribution >= 4 is 11.8 Å². The number of nitrogens with zero attached hydrogens (tertiary/aromatic N) is 2. The van der Waals surface area contributed by atoms with Crippen LogP contribution in [0.4, 0.5) is 0 Å². The quantitative estimate of drug-likeness (QED) is 0.189. The van der Waals surface area contributed by atoms with E-state index in [-0.39, 0.29) is 0 Å². The molecule has 1 aliphatic carbocycles. The molecule has 1 spiro atoms. The fourth-order valence-corrected chi connectivity index (χ4v) is 9.21. The van der Waals surface area contributed by atoms with Crippen LogP contribution in [-0.2, 0) is 5.41 Å². The molecule has 2 aliphatic rings. The van der Waals surface area contributed by atoms with Gasteiger partial charge in [-0.05, 0) is 68.8 Å². The lowest BCUT2D eigenvalue weighted by Gasteiger charge is -2.39. The van der Waals surface area contributed by atoms with Crippen LogP contribution in [0.2, 0.25) is 0 Å². The first-order valence-corrected chi connectivity index (χ1v) is 17.8. The number of benzene rings is 7. The summed E-state index contributed by atoms with van der Waals surface area (Å²) in [5.74, 6) is 0.713. The zero-order chi connectivity index (χ0) is 33.1. The number of aromatic nitrogens is 2. The summed E-state index contributed by atoms with van der Waals surface area (Å²) in [7, 11) is 0. The van der Waals surface area contributed by atoms with Crippen molar-refractivity contribution < 1.29 is 0 Å². The summed E-state index contributed by atoms with van der Waals surface area (Å²) in [4.78, 5) is 13.1. The lowest BCUT2D eigenvalue weighted by molar-refractivity contribution is 0.722. The Bertz CT molecular complexity index is 2530. The Kier molecular flexibility index (Phi) is 6.68. The molecule has 1 aliphatic heterocycles. The Morgan fingerprint density at radius 1 is 0.340 bits per heavy atom. The lowest BCUT2D eigenvalue weighted by atomic mass is 9.67. The summed E-state index contributed by atoms with van der Waals surface area (Å²) < 4.78 is 0. The highest BCUT2D eigenvalue weighted by molar-refractivity contribution is 7.99. The standard InChI is InChI=1S/C47H30N2S/c1-3-15-31(16-4-1)34-19-7-8-22-37(34)43-30-42(48-46(49-43)32-17-5-2-6-18-32)33-27-28-45-41(29-33)47(40-25-13-14-26-44(40)50-45)38-23-11-9-20-35(38)36-21-10-12-24-39(36)47/h1-30H. The fourth-order valence-electron chi connectivity index (χ4n) is 8.04. The average molecular weight is 655 g/mol. The van der Waals surface area contributed by atoms with Crippen LogP contribution in [0.1, 0.15) is 22.3 Å². The summed E-state index contributed by atoms with van der Waals surface area (Å²) in [5, 5.41) is 0. The number of hydrogen-bond donors (Lipinski definition) is 0. The summed E-state index contributed by atoms with van der Waals surface area (Å²) in [6.45, 7) is 0. The molecule has 10 rings (SSSR count). The third-order valence-electron chi connectivity index (χ3n) is 10.2. The van der Waals surface area contributed by atoms with Crippen LogP contribution in [0.15, 0.2) is 192 Å². The van der Waals surface area contributed by atoms with Crippen molar-refractivity contribution in [2.45, 2.75) is 15.2 Å². The third kappa shape index (κ3) is 4.37. The molecular weight excluding hydrogens is 625 g/mol. The molecule has 50 heavy (non-hydrogen) atoms. The van der Waals surface area contributed by atoms with E-state index in [0.29, 0.717) is 5.82 Å². The summed E-state index contributed by atoms with van der Waals surface area (Å²) >= 11 is 1.86. The van der Waals surface area contributed by atoms with Crippen LogP contribution in [0.3, 0.4) is 0 Å². The minimum Gasteiger partial charge on any atom is -0.228 e. The molecule has 2 nitrogen and oxygen atoms in total. The second-order valence-corrected chi connectivity index (χ2v) is 14.0. The molecule has 7 aromatic carbocycles. The van der Waals surface area contributed by atoms with Gasteiger partial charge in [-0.1, -0.05) is 169 Å². The molecule has 0 radical (unpaired) electrons. The number of fused-ring (bicyclic) bond motifs is 9. The van der Waals surface area contributed by atoms with E-state index in [4.69, 9.17) is 9.97 Å². The molecule has 0 atom stereocenters. The normalized spacial score (nSPS) is 13.3. The smallest absolute Gasteiger partial charge is 0.160 e. The Morgan fingerprint density at radius 3 is 1.56 bits per heavy atom. The first-order valence-electron chi connectivity index (χ1n) is 17.0. The van der Waals surface area contributed by atoms with Crippen molar-refractivity contribution in [1.82, 2.24) is 9.97 Å². The Labute approximate surface area is 296 Å². The molecule has 8 aromatic rings. The van der Waals surface area contributed by atoms with Gasteiger partial charge in [0.15, 0.2) is 5.82 Å². The molecule has 3 heteroatoms. The van der Waals surface area contributed by atoms with E-state index < -0.39 is 5.41 Å². The van der Waals surface area contributed by atoms with E-state index in [2.05, 4.69) is 176 Å². The molecule has 0 saturated carbocycles. The van der Waals surface area contributed by atoms with Crippen molar-refractivity contribution in [3.05, 3.63) is 204 Å². The maximum Gasteiger partial charge on any atom is 0.160 e. The van der Waals surface area contributed by atoms with E-state index in [1.54, 1.807) is 0 Å².